The number of phenolic OH excluding ortho intramolecular Hbond substituents is 1. The second-order valence-electron chi connectivity index (χ2n) is 6.16. The molecule has 0 radical (unpaired) electrons. The standard InChI is InChI=1S/C21H17ClN4O3.ClH/c1-28-18-8-14-16(9-19(18)29-11-13-4-3-7-23-10-13)24-12-25-21(14)26-15-5-2-6-17(27)20(15)22;/h2-10,12,27H,11H2,1H3,(H,24,25,26);1H. The van der Waals surface area contributed by atoms with E-state index in [-0.39, 0.29) is 23.2 Å². The third-order valence-electron chi connectivity index (χ3n) is 4.27. The molecule has 0 aliphatic carbocycles. The summed E-state index contributed by atoms with van der Waals surface area (Å²) in [7, 11) is 1.57. The van der Waals surface area contributed by atoms with Gasteiger partial charge in [0.2, 0.25) is 0 Å². The highest BCUT2D eigenvalue weighted by Gasteiger charge is 2.13. The van der Waals surface area contributed by atoms with Crippen LogP contribution in [0.1, 0.15) is 5.56 Å². The summed E-state index contributed by atoms with van der Waals surface area (Å²) in [6.45, 7) is 0.352. The van der Waals surface area contributed by atoms with Gasteiger partial charge in [-0.1, -0.05) is 23.7 Å². The molecular formula is C21H18Cl2N4O3. The maximum Gasteiger partial charge on any atom is 0.163 e. The Morgan fingerprint density at radius 3 is 2.73 bits per heavy atom. The molecule has 0 saturated heterocycles. The van der Waals surface area contributed by atoms with Crippen LogP contribution in [-0.4, -0.2) is 27.2 Å². The second kappa shape index (κ2) is 9.47. The van der Waals surface area contributed by atoms with Gasteiger partial charge in [0.05, 0.1) is 18.3 Å². The van der Waals surface area contributed by atoms with E-state index in [2.05, 4.69) is 20.3 Å². The molecule has 2 aromatic heterocycles. The van der Waals surface area contributed by atoms with Gasteiger partial charge in [-0.3, -0.25) is 4.98 Å². The first-order chi connectivity index (χ1) is 14.2. The molecule has 30 heavy (non-hydrogen) atoms. The smallest absolute Gasteiger partial charge is 0.163 e. The zero-order valence-electron chi connectivity index (χ0n) is 15.9. The average molecular weight is 445 g/mol. The first-order valence-electron chi connectivity index (χ1n) is 8.74. The summed E-state index contributed by atoms with van der Waals surface area (Å²) in [5, 5.41) is 13.9. The minimum absolute atomic E-state index is 0. The third-order valence-corrected chi connectivity index (χ3v) is 4.67. The summed E-state index contributed by atoms with van der Waals surface area (Å²) in [6, 6.07) is 12.3. The van der Waals surface area contributed by atoms with Crippen molar-refractivity contribution in [2.75, 3.05) is 12.4 Å². The number of rotatable bonds is 6. The maximum atomic E-state index is 9.82. The van der Waals surface area contributed by atoms with Crippen LogP contribution in [-0.2, 0) is 6.61 Å². The molecule has 0 bridgehead atoms. The summed E-state index contributed by atoms with van der Waals surface area (Å²) < 4.78 is 11.4. The number of benzene rings is 2. The van der Waals surface area contributed by atoms with Crippen LogP contribution in [0.15, 0.2) is 61.2 Å². The highest BCUT2D eigenvalue weighted by molar-refractivity contribution is 6.34. The fourth-order valence-corrected chi connectivity index (χ4v) is 3.00. The molecule has 0 spiro atoms. The van der Waals surface area contributed by atoms with E-state index in [4.69, 9.17) is 21.1 Å². The lowest BCUT2D eigenvalue weighted by molar-refractivity contribution is 0.284. The van der Waals surface area contributed by atoms with Crippen LogP contribution in [0.5, 0.6) is 17.2 Å². The van der Waals surface area contributed by atoms with E-state index in [0.717, 1.165) is 10.9 Å². The van der Waals surface area contributed by atoms with Gasteiger partial charge in [-0.25, -0.2) is 9.97 Å². The van der Waals surface area contributed by atoms with E-state index >= 15 is 0 Å². The molecule has 0 fully saturated rings. The lowest BCUT2D eigenvalue weighted by Gasteiger charge is -2.14. The fraction of sp³-hybridized carbons (Fsp3) is 0.0952. The highest BCUT2D eigenvalue weighted by Crippen LogP contribution is 2.37. The number of phenols is 1. The molecule has 0 amide bonds. The Balaban J connectivity index is 0.00000256. The molecule has 2 heterocycles. The minimum Gasteiger partial charge on any atom is -0.506 e. The van der Waals surface area contributed by atoms with Crippen molar-refractivity contribution in [3.8, 4) is 17.2 Å². The number of nitrogens with one attached hydrogen (secondary N) is 1. The van der Waals surface area contributed by atoms with Gasteiger partial charge >= 0.3 is 0 Å². The van der Waals surface area contributed by atoms with Gasteiger partial charge in [0.25, 0.3) is 0 Å². The van der Waals surface area contributed by atoms with E-state index in [9.17, 15) is 5.11 Å². The normalized spacial score (nSPS) is 10.3. The number of hydrogen-bond donors (Lipinski definition) is 2. The predicted molar refractivity (Wildman–Crippen MR) is 118 cm³/mol. The van der Waals surface area contributed by atoms with Crippen molar-refractivity contribution in [2.24, 2.45) is 0 Å². The lowest BCUT2D eigenvalue weighted by atomic mass is 10.2. The number of aromatic nitrogens is 3. The molecule has 154 valence electrons. The molecule has 0 unspecified atom stereocenters. The number of halogens is 2. The fourth-order valence-electron chi connectivity index (χ4n) is 2.82. The Hall–Kier alpha value is -3.29. The molecule has 2 aromatic carbocycles. The predicted octanol–water partition coefficient (Wildman–Crippen LogP) is 5.14. The van der Waals surface area contributed by atoms with Gasteiger partial charge in [0.15, 0.2) is 11.5 Å². The van der Waals surface area contributed by atoms with E-state index in [1.54, 1.807) is 43.8 Å². The summed E-state index contributed by atoms with van der Waals surface area (Å²) in [4.78, 5) is 12.7. The number of anilines is 2. The lowest BCUT2D eigenvalue weighted by Crippen LogP contribution is -2.00. The molecule has 2 N–H and O–H groups in total. The van der Waals surface area contributed by atoms with Crippen molar-refractivity contribution in [1.29, 1.82) is 0 Å². The van der Waals surface area contributed by atoms with Gasteiger partial charge in [-0.05, 0) is 24.3 Å². The Morgan fingerprint density at radius 2 is 1.97 bits per heavy atom. The number of methoxy groups -OCH3 is 1. The molecule has 7 nitrogen and oxygen atoms in total. The molecule has 4 rings (SSSR count). The summed E-state index contributed by atoms with van der Waals surface area (Å²) in [6.07, 6.45) is 4.90. The molecule has 0 atom stereocenters. The Bertz CT molecular complexity index is 1160. The van der Waals surface area contributed by atoms with Crippen LogP contribution in [0, 0.1) is 0 Å². The van der Waals surface area contributed by atoms with Gasteiger partial charge < -0.3 is 19.9 Å². The van der Waals surface area contributed by atoms with Crippen LogP contribution in [0.2, 0.25) is 5.02 Å². The monoisotopic (exact) mass is 444 g/mol. The van der Waals surface area contributed by atoms with Gasteiger partial charge in [0.1, 0.15) is 29.5 Å². The number of nitrogens with zero attached hydrogens (tertiary/aromatic N) is 3. The Labute approximate surface area is 184 Å². The molecule has 0 saturated carbocycles. The van der Waals surface area contributed by atoms with E-state index in [1.165, 1.54) is 12.4 Å². The Morgan fingerprint density at radius 1 is 1.10 bits per heavy atom. The van der Waals surface area contributed by atoms with Crippen molar-refractivity contribution < 1.29 is 14.6 Å². The summed E-state index contributed by atoms with van der Waals surface area (Å²) >= 11 is 6.17. The van der Waals surface area contributed by atoms with Gasteiger partial charge in [0, 0.05) is 29.4 Å². The minimum atomic E-state index is -0.0151. The molecule has 4 aromatic rings. The van der Waals surface area contributed by atoms with E-state index in [1.807, 2.05) is 12.1 Å². The number of fused-ring (bicyclic) bond motifs is 1. The topological polar surface area (TPSA) is 89.4 Å². The van der Waals surface area contributed by atoms with Crippen molar-refractivity contribution >= 4 is 46.4 Å². The largest absolute Gasteiger partial charge is 0.506 e. The quantitative estimate of drug-likeness (QED) is 0.425. The van der Waals surface area contributed by atoms with Gasteiger partial charge in [-0.15, -0.1) is 12.4 Å². The van der Waals surface area contributed by atoms with Crippen LogP contribution >= 0.6 is 24.0 Å². The summed E-state index contributed by atoms with van der Waals surface area (Å²) in [5.41, 5.74) is 2.14. The van der Waals surface area contributed by atoms with Crippen molar-refractivity contribution in [3.63, 3.8) is 0 Å². The van der Waals surface area contributed by atoms with Crippen LogP contribution in [0.25, 0.3) is 10.9 Å². The number of aromatic hydroxyl groups is 1. The average Bonchev–Trinajstić information content (AvgIpc) is 2.75. The Kier molecular flexibility index (Phi) is 6.76. The SMILES string of the molecule is COc1cc2c(Nc3cccc(O)c3Cl)ncnc2cc1OCc1cccnc1.Cl. The number of ether oxygens (including phenoxy) is 2. The second-order valence-corrected chi connectivity index (χ2v) is 6.53. The highest BCUT2D eigenvalue weighted by atomic mass is 35.5. The van der Waals surface area contributed by atoms with Crippen molar-refractivity contribution in [3.05, 3.63) is 71.8 Å². The zero-order valence-corrected chi connectivity index (χ0v) is 17.4. The zero-order chi connectivity index (χ0) is 20.2. The molecule has 0 aliphatic heterocycles. The summed E-state index contributed by atoms with van der Waals surface area (Å²) in [5.74, 6) is 1.61. The maximum absolute atomic E-state index is 9.82. The van der Waals surface area contributed by atoms with Crippen molar-refractivity contribution in [1.82, 2.24) is 15.0 Å². The number of pyridine rings is 1. The first-order valence-corrected chi connectivity index (χ1v) is 9.12. The van der Waals surface area contributed by atoms with Gasteiger partial charge in [-0.2, -0.15) is 0 Å². The van der Waals surface area contributed by atoms with Crippen molar-refractivity contribution in [2.45, 2.75) is 6.61 Å². The first kappa shape index (κ1) is 21.4. The molecule has 0 aliphatic rings. The van der Waals surface area contributed by atoms with Crippen LogP contribution in [0.4, 0.5) is 11.5 Å². The molecular weight excluding hydrogens is 427 g/mol. The third kappa shape index (κ3) is 4.48. The number of hydrogen-bond acceptors (Lipinski definition) is 7. The van der Waals surface area contributed by atoms with Crippen LogP contribution < -0.4 is 14.8 Å². The van der Waals surface area contributed by atoms with E-state index in [0.29, 0.717) is 35.1 Å². The van der Waals surface area contributed by atoms with Crippen LogP contribution in [0.3, 0.4) is 0 Å². The molecule has 9 heteroatoms. The van der Waals surface area contributed by atoms with E-state index < -0.39 is 0 Å².